The van der Waals surface area contributed by atoms with Crippen LogP contribution in [-0.2, 0) is 0 Å². The second-order valence-electron chi connectivity index (χ2n) is 5.50. The summed E-state index contributed by atoms with van der Waals surface area (Å²) in [7, 11) is 0. The van der Waals surface area contributed by atoms with E-state index in [1.807, 2.05) is 5.57 Å². The molecular weight excluding hydrogens is 144 g/mol. The van der Waals surface area contributed by atoms with Gasteiger partial charge in [0, 0.05) is 0 Å². The molecule has 68 valence electrons. The van der Waals surface area contributed by atoms with Crippen molar-refractivity contribution >= 4 is 0 Å². The number of rotatable bonds is 0. The Labute approximate surface area is 76.1 Å². The van der Waals surface area contributed by atoms with Gasteiger partial charge in [-0.1, -0.05) is 31.9 Å². The van der Waals surface area contributed by atoms with E-state index in [9.17, 15) is 0 Å². The Hall–Kier alpha value is -0.260. The maximum absolute atomic E-state index is 2.37. The summed E-state index contributed by atoms with van der Waals surface area (Å²) < 4.78 is 0. The summed E-state index contributed by atoms with van der Waals surface area (Å²) in [4.78, 5) is 0. The van der Waals surface area contributed by atoms with Crippen molar-refractivity contribution in [3.63, 3.8) is 0 Å². The van der Waals surface area contributed by atoms with Crippen molar-refractivity contribution in [3.05, 3.63) is 11.1 Å². The second kappa shape index (κ2) is 2.61. The van der Waals surface area contributed by atoms with Crippen LogP contribution in [0, 0.1) is 11.3 Å². The van der Waals surface area contributed by atoms with Gasteiger partial charge in [0.15, 0.2) is 0 Å². The van der Waals surface area contributed by atoms with Crippen LogP contribution in [0.5, 0.6) is 0 Å². The Morgan fingerprint density at radius 2 is 1.92 bits per heavy atom. The minimum Gasteiger partial charge on any atom is -0.0702 e. The molecule has 0 radical (unpaired) electrons. The lowest BCUT2D eigenvalue weighted by molar-refractivity contribution is 0.431. The van der Waals surface area contributed by atoms with Crippen molar-refractivity contribution in [2.24, 2.45) is 11.3 Å². The largest absolute Gasteiger partial charge is 0.0702 e. The van der Waals surface area contributed by atoms with Gasteiger partial charge in [-0.25, -0.2) is 0 Å². The van der Waals surface area contributed by atoms with Gasteiger partial charge in [-0.15, -0.1) is 0 Å². The zero-order valence-corrected chi connectivity index (χ0v) is 8.61. The third kappa shape index (κ3) is 1.32. The summed E-state index contributed by atoms with van der Waals surface area (Å²) in [6, 6.07) is 0. The van der Waals surface area contributed by atoms with E-state index in [4.69, 9.17) is 0 Å². The quantitative estimate of drug-likeness (QED) is 0.476. The van der Waals surface area contributed by atoms with Gasteiger partial charge in [0.1, 0.15) is 0 Å². The van der Waals surface area contributed by atoms with Gasteiger partial charge in [-0.3, -0.25) is 0 Å². The van der Waals surface area contributed by atoms with E-state index >= 15 is 0 Å². The molecule has 0 saturated heterocycles. The lowest BCUT2D eigenvalue weighted by atomic mass is 9.83. The summed E-state index contributed by atoms with van der Waals surface area (Å²) in [5.74, 6) is 1.03. The van der Waals surface area contributed by atoms with Crippen LogP contribution in [0.4, 0.5) is 0 Å². The number of allylic oxidation sites excluding steroid dienone is 2. The van der Waals surface area contributed by atoms with Crippen molar-refractivity contribution in [2.75, 3.05) is 0 Å². The first-order valence-electron chi connectivity index (χ1n) is 5.29. The molecule has 0 N–H and O–H groups in total. The predicted octanol–water partition coefficient (Wildman–Crippen LogP) is 3.92. The smallest absolute Gasteiger partial charge is 0.0170 e. The average molecular weight is 164 g/mol. The van der Waals surface area contributed by atoms with Gasteiger partial charge in [0.05, 0.1) is 0 Å². The lowest BCUT2D eigenvalue weighted by Gasteiger charge is -2.22. The van der Waals surface area contributed by atoms with Crippen LogP contribution in [-0.4, -0.2) is 0 Å². The Morgan fingerprint density at radius 1 is 1.17 bits per heavy atom. The van der Waals surface area contributed by atoms with Crippen LogP contribution >= 0.6 is 0 Å². The van der Waals surface area contributed by atoms with Gasteiger partial charge in [-0.05, 0) is 43.4 Å². The first kappa shape index (κ1) is 8.34. The van der Waals surface area contributed by atoms with Crippen LogP contribution in [0.15, 0.2) is 11.1 Å². The zero-order valence-electron chi connectivity index (χ0n) is 8.61. The number of hydrogen-bond acceptors (Lipinski definition) is 0. The minimum absolute atomic E-state index is 0.453. The zero-order chi connectivity index (χ0) is 8.77. The van der Waals surface area contributed by atoms with E-state index in [0.29, 0.717) is 5.41 Å². The molecule has 2 bridgehead atoms. The van der Waals surface area contributed by atoms with E-state index in [1.165, 1.54) is 32.1 Å². The first-order chi connectivity index (χ1) is 5.57. The highest BCUT2D eigenvalue weighted by atomic mass is 14.4. The Balaban J connectivity index is 2.25. The van der Waals surface area contributed by atoms with Gasteiger partial charge >= 0.3 is 0 Å². The maximum atomic E-state index is 2.37. The molecule has 0 aromatic carbocycles. The fraction of sp³-hybridized carbons (Fsp3) is 0.833. The van der Waals surface area contributed by atoms with Gasteiger partial charge in [-0.2, -0.15) is 0 Å². The van der Waals surface area contributed by atoms with Crippen LogP contribution in [0.25, 0.3) is 0 Å². The van der Waals surface area contributed by atoms with Gasteiger partial charge in [0.2, 0.25) is 0 Å². The monoisotopic (exact) mass is 164 g/mol. The molecule has 2 aliphatic rings. The summed E-state index contributed by atoms with van der Waals surface area (Å²) in [5.41, 5.74) is 4.07. The Morgan fingerprint density at radius 3 is 2.50 bits per heavy atom. The molecule has 0 spiro atoms. The van der Waals surface area contributed by atoms with Crippen molar-refractivity contribution in [2.45, 2.75) is 52.9 Å². The highest BCUT2D eigenvalue weighted by Gasteiger charge is 2.32. The van der Waals surface area contributed by atoms with Crippen LogP contribution in [0.1, 0.15) is 52.9 Å². The van der Waals surface area contributed by atoms with Crippen molar-refractivity contribution in [3.8, 4) is 0 Å². The first-order valence-corrected chi connectivity index (χ1v) is 5.29. The van der Waals surface area contributed by atoms with E-state index in [1.54, 1.807) is 5.57 Å². The SMILES string of the molecule is CC(C)(C)C1=C2CCCC(C2)C1. The molecule has 0 nitrogen and oxygen atoms in total. The Bertz CT molecular complexity index is 215. The standard InChI is InChI=1S/C12H20/c1-12(2,3)11-8-9-5-4-6-10(11)7-9/h9H,4-8H2,1-3H3. The van der Waals surface area contributed by atoms with Crippen LogP contribution < -0.4 is 0 Å². The molecule has 1 unspecified atom stereocenters. The molecule has 1 fully saturated rings. The molecular formula is C12H20. The average Bonchev–Trinajstić information content (AvgIpc) is 2.25. The molecule has 2 rings (SSSR count). The van der Waals surface area contributed by atoms with E-state index < -0.39 is 0 Å². The number of hydrogen-bond donors (Lipinski definition) is 0. The highest BCUT2D eigenvalue weighted by Crippen LogP contribution is 2.47. The molecule has 0 aliphatic heterocycles. The molecule has 2 aliphatic carbocycles. The third-order valence-corrected chi connectivity index (χ3v) is 3.45. The lowest BCUT2D eigenvalue weighted by Crippen LogP contribution is -2.09. The van der Waals surface area contributed by atoms with Crippen molar-refractivity contribution in [1.82, 2.24) is 0 Å². The minimum atomic E-state index is 0.453. The molecule has 0 aromatic rings. The topological polar surface area (TPSA) is 0 Å². The fourth-order valence-corrected chi connectivity index (χ4v) is 2.87. The fourth-order valence-electron chi connectivity index (χ4n) is 2.87. The summed E-state index contributed by atoms with van der Waals surface area (Å²) in [6.45, 7) is 7.11. The van der Waals surface area contributed by atoms with Crippen molar-refractivity contribution in [1.29, 1.82) is 0 Å². The molecule has 1 saturated carbocycles. The molecule has 0 aromatic heterocycles. The molecule has 0 heterocycles. The summed E-state index contributed by atoms with van der Waals surface area (Å²) in [5, 5.41) is 0. The number of fused-ring (bicyclic) bond motifs is 2. The van der Waals surface area contributed by atoms with Crippen molar-refractivity contribution < 1.29 is 0 Å². The van der Waals surface area contributed by atoms with Crippen LogP contribution in [0.2, 0.25) is 0 Å². The van der Waals surface area contributed by atoms with Gasteiger partial charge < -0.3 is 0 Å². The van der Waals surface area contributed by atoms with E-state index in [-0.39, 0.29) is 0 Å². The van der Waals surface area contributed by atoms with E-state index in [2.05, 4.69) is 20.8 Å². The van der Waals surface area contributed by atoms with Gasteiger partial charge in [0.25, 0.3) is 0 Å². The molecule has 12 heavy (non-hydrogen) atoms. The Kier molecular flexibility index (Phi) is 1.82. The van der Waals surface area contributed by atoms with Crippen LogP contribution in [0.3, 0.4) is 0 Å². The highest BCUT2D eigenvalue weighted by molar-refractivity contribution is 5.27. The normalized spacial score (nSPS) is 29.8. The molecule has 0 heteroatoms. The maximum Gasteiger partial charge on any atom is -0.0170 e. The summed E-state index contributed by atoms with van der Waals surface area (Å²) in [6.07, 6.45) is 7.21. The third-order valence-electron chi connectivity index (χ3n) is 3.45. The predicted molar refractivity (Wildman–Crippen MR) is 53.1 cm³/mol. The molecule has 1 atom stereocenters. The second-order valence-corrected chi connectivity index (χ2v) is 5.50. The summed E-state index contributed by atoms with van der Waals surface area (Å²) >= 11 is 0. The van der Waals surface area contributed by atoms with E-state index in [0.717, 1.165) is 5.92 Å². The molecule has 0 amide bonds.